The second kappa shape index (κ2) is 8.54. The van der Waals surface area contributed by atoms with Gasteiger partial charge in [0.25, 0.3) is 5.91 Å². The summed E-state index contributed by atoms with van der Waals surface area (Å²) in [5.41, 5.74) is 1.56. The minimum absolute atomic E-state index is 0.0881. The summed E-state index contributed by atoms with van der Waals surface area (Å²) >= 11 is 6.13. The van der Waals surface area contributed by atoms with Gasteiger partial charge in [-0.15, -0.1) is 0 Å². The van der Waals surface area contributed by atoms with E-state index in [0.29, 0.717) is 21.9 Å². The number of carbonyl (C=O) groups is 1. The Morgan fingerprint density at radius 3 is 2.52 bits per heavy atom. The molecule has 0 aliphatic heterocycles. The molecule has 2 aromatic carbocycles. The predicted molar refractivity (Wildman–Crippen MR) is 112 cm³/mol. The number of aryl methyl sites for hydroxylation is 1. The first-order valence-corrected chi connectivity index (χ1v) is 10.7. The van der Waals surface area contributed by atoms with Gasteiger partial charge in [0, 0.05) is 29.8 Å². The molecule has 1 atom stereocenters. The Balaban J connectivity index is 1.77. The van der Waals surface area contributed by atoms with Crippen LogP contribution in [0, 0.1) is 6.92 Å². The van der Waals surface area contributed by atoms with Gasteiger partial charge in [-0.1, -0.05) is 23.7 Å². The third kappa shape index (κ3) is 4.62. The zero-order valence-electron chi connectivity index (χ0n) is 16.2. The third-order valence-corrected chi connectivity index (χ3v) is 6.22. The van der Waals surface area contributed by atoms with E-state index in [2.05, 4.69) is 10.0 Å². The third-order valence-electron chi connectivity index (χ3n) is 4.32. The number of furan rings is 1. The number of rotatable bonds is 7. The summed E-state index contributed by atoms with van der Waals surface area (Å²) in [6.07, 6.45) is 0. The number of carbonyl (C=O) groups excluding carboxylic acids is 1. The molecular formula is C20H21ClN2O5S. The smallest absolute Gasteiger partial charge is 0.291 e. The van der Waals surface area contributed by atoms with Crippen LogP contribution in [-0.4, -0.2) is 34.1 Å². The van der Waals surface area contributed by atoms with Crippen LogP contribution < -0.4 is 10.0 Å². The van der Waals surface area contributed by atoms with Crippen LogP contribution in [-0.2, 0) is 14.8 Å². The van der Waals surface area contributed by atoms with Gasteiger partial charge in [0.15, 0.2) is 11.3 Å². The maximum atomic E-state index is 12.6. The quantitative estimate of drug-likeness (QED) is 0.584. The van der Waals surface area contributed by atoms with Crippen LogP contribution in [0.5, 0.6) is 0 Å². The fourth-order valence-electron chi connectivity index (χ4n) is 2.95. The molecule has 29 heavy (non-hydrogen) atoms. The van der Waals surface area contributed by atoms with E-state index in [4.69, 9.17) is 20.8 Å². The monoisotopic (exact) mass is 436 g/mol. The zero-order valence-corrected chi connectivity index (χ0v) is 17.7. The van der Waals surface area contributed by atoms with Crippen LogP contribution in [0.2, 0.25) is 5.02 Å². The van der Waals surface area contributed by atoms with Crippen molar-refractivity contribution in [3.63, 3.8) is 0 Å². The average molecular weight is 437 g/mol. The number of benzene rings is 2. The van der Waals surface area contributed by atoms with E-state index < -0.39 is 15.9 Å². The first-order valence-electron chi connectivity index (χ1n) is 8.83. The SMILES string of the molecule is COCC(C)NS(=O)(=O)c1ccc(NC(=O)c2oc3c(Cl)cccc3c2C)cc1. The van der Waals surface area contributed by atoms with E-state index in [0.717, 1.165) is 5.39 Å². The zero-order chi connectivity index (χ0) is 21.2. The van der Waals surface area contributed by atoms with Crippen LogP contribution in [0.4, 0.5) is 5.69 Å². The number of anilines is 1. The van der Waals surface area contributed by atoms with Crippen molar-refractivity contribution in [3.8, 4) is 0 Å². The molecule has 0 radical (unpaired) electrons. The van der Waals surface area contributed by atoms with Gasteiger partial charge in [-0.25, -0.2) is 13.1 Å². The van der Waals surface area contributed by atoms with Gasteiger partial charge in [-0.05, 0) is 44.2 Å². The Morgan fingerprint density at radius 2 is 1.90 bits per heavy atom. The molecule has 1 heterocycles. The Bertz CT molecular complexity index is 1140. The number of hydrogen-bond donors (Lipinski definition) is 2. The van der Waals surface area contributed by atoms with E-state index in [1.807, 2.05) is 6.07 Å². The van der Waals surface area contributed by atoms with E-state index in [1.54, 1.807) is 26.0 Å². The molecule has 1 aromatic heterocycles. The molecule has 1 amide bonds. The molecule has 0 aliphatic rings. The van der Waals surface area contributed by atoms with Crippen molar-refractivity contribution in [2.24, 2.45) is 0 Å². The lowest BCUT2D eigenvalue weighted by molar-refractivity contribution is 0.0998. The fourth-order valence-corrected chi connectivity index (χ4v) is 4.39. The van der Waals surface area contributed by atoms with Gasteiger partial charge in [0.2, 0.25) is 10.0 Å². The maximum absolute atomic E-state index is 12.6. The van der Waals surface area contributed by atoms with E-state index >= 15 is 0 Å². The summed E-state index contributed by atoms with van der Waals surface area (Å²) in [6.45, 7) is 3.74. The minimum atomic E-state index is -3.68. The van der Waals surface area contributed by atoms with E-state index in [-0.39, 0.29) is 23.3 Å². The van der Waals surface area contributed by atoms with Gasteiger partial charge in [0.05, 0.1) is 16.5 Å². The van der Waals surface area contributed by atoms with Crippen molar-refractivity contribution in [1.29, 1.82) is 0 Å². The van der Waals surface area contributed by atoms with Crippen molar-refractivity contribution in [3.05, 3.63) is 58.8 Å². The summed E-state index contributed by atoms with van der Waals surface area (Å²) in [7, 11) is -2.18. The molecule has 9 heteroatoms. The topological polar surface area (TPSA) is 97.6 Å². The summed E-state index contributed by atoms with van der Waals surface area (Å²) in [6, 6.07) is 10.8. The summed E-state index contributed by atoms with van der Waals surface area (Å²) in [5, 5.41) is 3.90. The normalized spacial score (nSPS) is 12.8. The molecule has 2 N–H and O–H groups in total. The Hall–Kier alpha value is -2.39. The molecule has 0 fully saturated rings. The second-order valence-corrected chi connectivity index (χ2v) is 8.75. The first kappa shape index (κ1) is 21.3. The maximum Gasteiger partial charge on any atom is 0.291 e. The highest BCUT2D eigenvalue weighted by Crippen LogP contribution is 2.31. The number of halogens is 1. The van der Waals surface area contributed by atoms with E-state index in [9.17, 15) is 13.2 Å². The van der Waals surface area contributed by atoms with Crippen molar-refractivity contribution in [1.82, 2.24) is 4.72 Å². The molecule has 3 aromatic rings. The van der Waals surface area contributed by atoms with Gasteiger partial charge in [-0.3, -0.25) is 4.79 Å². The number of methoxy groups -OCH3 is 1. The molecule has 0 saturated carbocycles. The fraction of sp³-hybridized carbons (Fsp3) is 0.250. The Kier molecular flexibility index (Phi) is 6.28. The van der Waals surface area contributed by atoms with Crippen LogP contribution in [0.3, 0.4) is 0 Å². The first-order chi connectivity index (χ1) is 13.7. The molecule has 0 saturated heterocycles. The van der Waals surface area contributed by atoms with Crippen molar-refractivity contribution < 1.29 is 22.4 Å². The highest BCUT2D eigenvalue weighted by atomic mass is 35.5. The van der Waals surface area contributed by atoms with Gasteiger partial charge >= 0.3 is 0 Å². The number of fused-ring (bicyclic) bond motifs is 1. The van der Waals surface area contributed by atoms with Gasteiger partial charge < -0.3 is 14.5 Å². The number of ether oxygens (including phenoxy) is 1. The molecular weight excluding hydrogens is 416 g/mol. The summed E-state index contributed by atoms with van der Waals surface area (Å²) < 4.78 is 37.8. The summed E-state index contributed by atoms with van der Waals surface area (Å²) in [4.78, 5) is 12.7. The van der Waals surface area contributed by atoms with Crippen molar-refractivity contribution >= 4 is 44.2 Å². The number of para-hydroxylation sites is 1. The molecule has 0 aliphatic carbocycles. The molecule has 1 unspecified atom stereocenters. The standard InChI is InChI=1S/C20H21ClN2O5S/c1-12(11-27-3)23-29(25,26)15-9-7-14(8-10-15)22-20(24)18-13(2)16-5-4-6-17(21)19(16)28-18/h4-10,12,23H,11H2,1-3H3,(H,22,24). The number of nitrogens with one attached hydrogen (secondary N) is 2. The molecule has 0 bridgehead atoms. The molecule has 3 rings (SSSR count). The minimum Gasteiger partial charge on any atom is -0.449 e. The second-order valence-electron chi connectivity index (χ2n) is 6.63. The van der Waals surface area contributed by atoms with Crippen LogP contribution >= 0.6 is 11.6 Å². The molecule has 7 nitrogen and oxygen atoms in total. The largest absolute Gasteiger partial charge is 0.449 e. The van der Waals surface area contributed by atoms with Crippen LogP contribution in [0.1, 0.15) is 23.0 Å². The Morgan fingerprint density at radius 1 is 1.21 bits per heavy atom. The van der Waals surface area contributed by atoms with E-state index in [1.165, 1.54) is 31.4 Å². The number of hydrogen-bond acceptors (Lipinski definition) is 5. The highest BCUT2D eigenvalue weighted by Gasteiger charge is 2.20. The lowest BCUT2D eigenvalue weighted by Crippen LogP contribution is -2.35. The van der Waals surface area contributed by atoms with Gasteiger partial charge in [-0.2, -0.15) is 0 Å². The highest BCUT2D eigenvalue weighted by molar-refractivity contribution is 7.89. The van der Waals surface area contributed by atoms with Crippen LogP contribution in [0.15, 0.2) is 51.8 Å². The number of amides is 1. The van der Waals surface area contributed by atoms with Crippen molar-refractivity contribution in [2.45, 2.75) is 24.8 Å². The molecule has 0 spiro atoms. The van der Waals surface area contributed by atoms with Crippen molar-refractivity contribution in [2.75, 3.05) is 19.0 Å². The average Bonchev–Trinajstić information content (AvgIpc) is 3.00. The summed E-state index contributed by atoms with van der Waals surface area (Å²) in [5.74, 6) is -0.294. The lowest BCUT2D eigenvalue weighted by atomic mass is 10.1. The Labute approximate surface area is 174 Å². The number of sulfonamides is 1. The predicted octanol–water partition coefficient (Wildman–Crippen LogP) is 3.96. The lowest BCUT2D eigenvalue weighted by Gasteiger charge is -2.13. The van der Waals surface area contributed by atoms with Gasteiger partial charge in [0.1, 0.15) is 0 Å². The van der Waals surface area contributed by atoms with Crippen LogP contribution in [0.25, 0.3) is 11.0 Å². The molecule has 154 valence electrons.